The van der Waals surface area contributed by atoms with Crippen LogP contribution in [0.1, 0.15) is 52.3 Å². The van der Waals surface area contributed by atoms with Crippen molar-refractivity contribution in [2.75, 3.05) is 10.7 Å². The lowest BCUT2D eigenvalue weighted by molar-refractivity contribution is -0.763. The number of carbonyl (C=O) groups excluding carboxylic acids is 1. The lowest BCUT2D eigenvalue weighted by atomic mass is 10.0. The molecule has 1 amide bonds. The maximum atomic E-state index is 13.3. The second-order valence-corrected chi connectivity index (χ2v) is 9.35. The highest BCUT2D eigenvalue weighted by Crippen LogP contribution is 2.37. The average Bonchev–Trinajstić information content (AvgIpc) is 2.78. The monoisotopic (exact) mass is 465 g/mol. The molecule has 3 aromatic rings. The molecule has 33 heavy (non-hydrogen) atoms. The van der Waals surface area contributed by atoms with Crippen LogP contribution in [-0.2, 0) is 4.79 Å². The number of para-hydroxylation sites is 1. The highest BCUT2D eigenvalue weighted by Gasteiger charge is 2.44. The first-order valence-electron chi connectivity index (χ1n) is 11.3. The molecule has 0 spiro atoms. The highest BCUT2D eigenvalue weighted by atomic mass is 32.2. The molecule has 8 heteroatoms. The Hall–Kier alpha value is -3.13. The summed E-state index contributed by atoms with van der Waals surface area (Å²) in [6.07, 6.45) is 1.56. The van der Waals surface area contributed by atoms with E-state index in [1.807, 2.05) is 62.4 Å². The van der Waals surface area contributed by atoms with Gasteiger partial charge in [0.2, 0.25) is 11.1 Å². The van der Waals surface area contributed by atoms with E-state index in [2.05, 4.69) is 11.9 Å². The minimum atomic E-state index is -0.590. The Morgan fingerprint density at radius 2 is 1.94 bits per heavy atom. The number of thioether (sulfide) groups is 1. The molecule has 7 nitrogen and oxygen atoms in total. The van der Waals surface area contributed by atoms with Gasteiger partial charge in [0.15, 0.2) is 0 Å². The smallest absolute Gasteiger partial charge is 0.325 e. The van der Waals surface area contributed by atoms with E-state index in [-0.39, 0.29) is 17.6 Å². The van der Waals surface area contributed by atoms with E-state index in [0.717, 1.165) is 29.9 Å². The fraction of sp³-hybridized carbons (Fsp3) is 0.360. The van der Waals surface area contributed by atoms with E-state index in [4.69, 9.17) is 9.84 Å². The van der Waals surface area contributed by atoms with E-state index in [1.165, 1.54) is 18.7 Å². The fourth-order valence-corrected chi connectivity index (χ4v) is 4.92. The summed E-state index contributed by atoms with van der Waals surface area (Å²) < 4.78 is 7.48. The van der Waals surface area contributed by atoms with E-state index in [0.29, 0.717) is 22.1 Å². The zero-order chi connectivity index (χ0) is 23.5. The van der Waals surface area contributed by atoms with Gasteiger partial charge in [-0.05, 0) is 61.3 Å². The number of unbranched alkanes of at least 4 members (excludes halogenated alkanes) is 1. The number of aromatic nitrogens is 3. The van der Waals surface area contributed by atoms with Gasteiger partial charge in [-0.3, -0.25) is 14.6 Å². The van der Waals surface area contributed by atoms with Crippen LogP contribution in [0.3, 0.4) is 0 Å². The van der Waals surface area contributed by atoms with Crippen LogP contribution in [0.5, 0.6) is 5.75 Å². The Morgan fingerprint density at radius 1 is 1.21 bits per heavy atom. The van der Waals surface area contributed by atoms with Crippen molar-refractivity contribution < 1.29 is 14.2 Å². The number of rotatable bonds is 7. The summed E-state index contributed by atoms with van der Waals surface area (Å²) in [5, 5.41) is 5.35. The SMILES string of the molecule is CCCCSc1n[n+]2c(c(=O)[nH]1)-c1ccccc1N(C(C)=O)[C@H]2c1ccc(OC(C)C)cc1. The van der Waals surface area contributed by atoms with Gasteiger partial charge in [-0.15, -0.1) is 0 Å². The van der Waals surface area contributed by atoms with Crippen LogP contribution in [0.2, 0.25) is 0 Å². The van der Waals surface area contributed by atoms with Crippen molar-refractivity contribution in [1.82, 2.24) is 10.1 Å². The Labute approximate surface area is 197 Å². The maximum Gasteiger partial charge on any atom is 0.325 e. The topological polar surface area (TPSA) is 79.2 Å². The van der Waals surface area contributed by atoms with Crippen molar-refractivity contribution in [1.29, 1.82) is 0 Å². The number of aromatic amines is 1. The minimum Gasteiger partial charge on any atom is -0.491 e. The quantitative estimate of drug-likeness (QED) is 0.319. The summed E-state index contributed by atoms with van der Waals surface area (Å²) in [4.78, 5) is 30.8. The zero-order valence-corrected chi connectivity index (χ0v) is 20.2. The summed E-state index contributed by atoms with van der Waals surface area (Å²) in [7, 11) is 0. The maximum absolute atomic E-state index is 13.3. The van der Waals surface area contributed by atoms with Crippen LogP contribution in [0.25, 0.3) is 11.3 Å². The first-order chi connectivity index (χ1) is 15.9. The third kappa shape index (κ3) is 4.66. The van der Waals surface area contributed by atoms with Crippen LogP contribution < -0.4 is 19.9 Å². The molecule has 0 unspecified atom stereocenters. The van der Waals surface area contributed by atoms with Crippen LogP contribution in [-0.4, -0.2) is 27.8 Å². The normalized spacial score (nSPS) is 14.7. The number of anilines is 1. The fourth-order valence-electron chi connectivity index (χ4n) is 3.98. The molecule has 172 valence electrons. The zero-order valence-electron chi connectivity index (χ0n) is 19.4. The van der Waals surface area contributed by atoms with Crippen molar-refractivity contribution in [3.63, 3.8) is 0 Å². The van der Waals surface area contributed by atoms with Gasteiger partial charge in [-0.25, -0.2) is 4.90 Å². The number of hydrogen-bond acceptors (Lipinski definition) is 5. The predicted octanol–water partition coefficient (Wildman–Crippen LogP) is 4.32. The number of fused-ring (bicyclic) bond motifs is 3. The molecule has 0 radical (unpaired) electrons. The van der Waals surface area contributed by atoms with Gasteiger partial charge in [0, 0.05) is 23.3 Å². The van der Waals surface area contributed by atoms with Gasteiger partial charge in [0.25, 0.3) is 6.17 Å². The number of amides is 1. The van der Waals surface area contributed by atoms with Crippen LogP contribution >= 0.6 is 11.8 Å². The van der Waals surface area contributed by atoms with Crippen molar-refractivity contribution in [2.45, 2.75) is 58.0 Å². The number of nitrogens with one attached hydrogen (secondary N) is 1. The van der Waals surface area contributed by atoms with Gasteiger partial charge >= 0.3 is 11.3 Å². The van der Waals surface area contributed by atoms with Gasteiger partial charge in [0.05, 0.1) is 17.4 Å². The van der Waals surface area contributed by atoms with Gasteiger partial charge in [-0.1, -0.05) is 37.2 Å². The second kappa shape index (κ2) is 9.79. The van der Waals surface area contributed by atoms with Crippen molar-refractivity contribution in [3.05, 3.63) is 64.4 Å². The molecule has 0 aliphatic carbocycles. The van der Waals surface area contributed by atoms with Crippen LogP contribution in [0.4, 0.5) is 5.69 Å². The van der Waals surface area contributed by atoms with Crippen LogP contribution in [0.15, 0.2) is 58.5 Å². The Kier molecular flexibility index (Phi) is 6.83. The summed E-state index contributed by atoms with van der Waals surface area (Å²) in [6, 6.07) is 15.1. The number of H-pyrrole nitrogens is 1. The Bertz CT molecular complexity index is 1210. The molecule has 1 aliphatic rings. The predicted molar refractivity (Wildman–Crippen MR) is 130 cm³/mol. The largest absolute Gasteiger partial charge is 0.491 e. The van der Waals surface area contributed by atoms with E-state index in [9.17, 15) is 9.59 Å². The molecule has 1 aliphatic heterocycles. The van der Waals surface area contributed by atoms with E-state index < -0.39 is 6.17 Å². The molecule has 1 N–H and O–H groups in total. The third-order valence-corrected chi connectivity index (χ3v) is 6.33. The third-order valence-electron chi connectivity index (χ3n) is 5.38. The molecule has 1 atom stereocenters. The van der Waals surface area contributed by atoms with Gasteiger partial charge < -0.3 is 4.74 Å². The molecule has 0 saturated carbocycles. The molecular weight excluding hydrogens is 436 g/mol. The van der Waals surface area contributed by atoms with Gasteiger partial charge in [0.1, 0.15) is 5.75 Å². The van der Waals surface area contributed by atoms with Crippen LogP contribution in [0, 0.1) is 0 Å². The van der Waals surface area contributed by atoms with E-state index >= 15 is 0 Å². The highest BCUT2D eigenvalue weighted by molar-refractivity contribution is 7.99. The number of hydrogen-bond donors (Lipinski definition) is 1. The molecule has 2 aromatic carbocycles. The Morgan fingerprint density at radius 3 is 2.61 bits per heavy atom. The number of ether oxygens (including phenoxy) is 1. The second-order valence-electron chi connectivity index (χ2n) is 8.27. The lowest BCUT2D eigenvalue weighted by Crippen LogP contribution is -2.60. The first-order valence-corrected chi connectivity index (χ1v) is 12.2. The van der Waals surface area contributed by atoms with Crippen molar-refractivity contribution in [2.24, 2.45) is 0 Å². The summed E-state index contributed by atoms with van der Waals surface area (Å²) in [5.74, 6) is 1.48. The molecule has 4 rings (SSSR count). The molecule has 2 heterocycles. The number of carbonyl (C=O) groups is 1. The number of nitrogens with zero attached hydrogens (tertiary/aromatic N) is 3. The minimum absolute atomic E-state index is 0.0594. The van der Waals surface area contributed by atoms with Crippen molar-refractivity contribution >= 4 is 23.4 Å². The lowest BCUT2D eigenvalue weighted by Gasteiger charge is -2.31. The number of benzene rings is 2. The molecule has 1 aromatic heterocycles. The summed E-state index contributed by atoms with van der Waals surface area (Å²) in [5.41, 5.74) is 2.43. The standard InChI is InChI=1S/C25H28N4O3S/c1-5-6-15-33-25-26-23(31)22-20-9-7-8-10-21(20)28(17(4)30)24(29(22)27-25)18-11-13-19(14-12-18)32-16(2)3/h7-14,16,24H,5-6,15H2,1-4H3/p+1/t24-/m1/s1. The summed E-state index contributed by atoms with van der Waals surface area (Å²) >= 11 is 1.52. The molecule has 0 bridgehead atoms. The molecular formula is C25H29N4O3S+. The Balaban J connectivity index is 1.89. The van der Waals surface area contributed by atoms with Crippen molar-refractivity contribution in [3.8, 4) is 17.0 Å². The molecule has 0 saturated heterocycles. The molecule has 0 fully saturated rings. The average molecular weight is 466 g/mol. The van der Waals surface area contributed by atoms with E-state index in [1.54, 1.807) is 9.58 Å². The van der Waals surface area contributed by atoms with Gasteiger partial charge in [-0.2, -0.15) is 0 Å². The summed E-state index contributed by atoms with van der Waals surface area (Å²) in [6.45, 7) is 7.62. The first kappa shape index (κ1) is 23.0.